The summed E-state index contributed by atoms with van der Waals surface area (Å²) < 4.78 is 4.54. The van der Waals surface area contributed by atoms with Crippen LogP contribution in [0.3, 0.4) is 0 Å². The fourth-order valence-electron chi connectivity index (χ4n) is 1.06. The lowest BCUT2D eigenvalue weighted by Gasteiger charge is -2.22. The molecule has 0 aliphatic carbocycles. The number of likely N-dealkylation sites (N-methyl/N-ethyl adjacent to an activating group) is 1. The first-order valence-corrected chi connectivity index (χ1v) is 5.43. The normalized spacial score (nSPS) is 12.7. The van der Waals surface area contributed by atoms with Crippen LogP contribution in [0.25, 0.3) is 0 Å². The summed E-state index contributed by atoms with van der Waals surface area (Å²) in [5.74, 6) is 0.00757. The van der Waals surface area contributed by atoms with Gasteiger partial charge >= 0.3 is 5.97 Å². The molecular formula is C11H22N2O3. The Morgan fingerprint density at radius 2 is 1.88 bits per heavy atom. The zero-order valence-corrected chi connectivity index (χ0v) is 10.7. The monoisotopic (exact) mass is 230 g/mol. The van der Waals surface area contributed by atoms with Gasteiger partial charge in [0, 0.05) is 6.54 Å². The summed E-state index contributed by atoms with van der Waals surface area (Å²) in [4.78, 5) is 24.3. The van der Waals surface area contributed by atoms with E-state index in [1.807, 2.05) is 13.8 Å². The van der Waals surface area contributed by atoms with Crippen molar-refractivity contribution in [2.75, 3.05) is 27.2 Å². The number of carbonyl (C=O) groups is 2. The molecule has 0 fully saturated rings. The van der Waals surface area contributed by atoms with E-state index in [2.05, 4.69) is 10.1 Å². The summed E-state index contributed by atoms with van der Waals surface area (Å²) in [6, 6.07) is -0.335. The quantitative estimate of drug-likeness (QED) is 0.665. The van der Waals surface area contributed by atoms with E-state index < -0.39 is 0 Å². The highest BCUT2D eigenvalue weighted by Gasteiger charge is 2.19. The van der Waals surface area contributed by atoms with E-state index in [1.165, 1.54) is 7.11 Å². The molecule has 0 aromatic heterocycles. The molecule has 0 heterocycles. The molecule has 0 radical (unpaired) electrons. The number of nitrogens with zero attached hydrogens (tertiary/aromatic N) is 1. The Hall–Kier alpha value is -1.10. The molecule has 0 unspecified atom stereocenters. The summed E-state index contributed by atoms with van der Waals surface area (Å²) in [5, 5.41) is 2.82. The van der Waals surface area contributed by atoms with Crippen LogP contribution in [0, 0.1) is 5.92 Å². The molecule has 0 saturated carbocycles. The Bertz CT molecular complexity index is 241. The van der Waals surface area contributed by atoms with Gasteiger partial charge in [0.1, 0.15) is 0 Å². The fraction of sp³-hybridized carbons (Fsp3) is 0.818. The Kier molecular flexibility index (Phi) is 6.72. The van der Waals surface area contributed by atoms with Gasteiger partial charge < -0.3 is 10.1 Å². The van der Waals surface area contributed by atoms with Gasteiger partial charge in [-0.1, -0.05) is 13.8 Å². The molecule has 0 rings (SSSR count). The summed E-state index contributed by atoms with van der Waals surface area (Å²) in [5.41, 5.74) is 0. The molecule has 0 saturated heterocycles. The van der Waals surface area contributed by atoms with Gasteiger partial charge in [-0.25, -0.2) is 0 Å². The second-order valence-electron chi connectivity index (χ2n) is 4.31. The van der Waals surface area contributed by atoms with Gasteiger partial charge in [0.15, 0.2) is 0 Å². The maximum absolute atomic E-state index is 11.7. The number of ether oxygens (including phenoxy) is 1. The zero-order chi connectivity index (χ0) is 12.7. The molecule has 0 aromatic carbocycles. The van der Waals surface area contributed by atoms with Crippen LogP contribution < -0.4 is 5.32 Å². The lowest BCUT2D eigenvalue weighted by atomic mass is 10.2. The number of carbonyl (C=O) groups excluding carboxylic acids is 2. The molecular weight excluding hydrogens is 208 g/mol. The van der Waals surface area contributed by atoms with E-state index in [4.69, 9.17) is 0 Å². The van der Waals surface area contributed by atoms with Gasteiger partial charge in [0.25, 0.3) is 0 Å². The van der Waals surface area contributed by atoms with Crippen LogP contribution in [0.2, 0.25) is 0 Å². The predicted molar refractivity (Wildman–Crippen MR) is 62.0 cm³/mol. The van der Waals surface area contributed by atoms with Crippen LogP contribution in [0.5, 0.6) is 0 Å². The van der Waals surface area contributed by atoms with Crippen molar-refractivity contribution in [2.45, 2.75) is 26.8 Å². The van der Waals surface area contributed by atoms with Gasteiger partial charge in [-0.3, -0.25) is 14.5 Å². The van der Waals surface area contributed by atoms with E-state index in [-0.39, 0.29) is 24.5 Å². The molecule has 0 aliphatic rings. The molecule has 5 nitrogen and oxygen atoms in total. The average Bonchev–Trinajstić information content (AvgIpc) is 2.24. The molecule has 1 amide bonds. The van der Waals surface area contributed by atoms with Gasteiger partial charge in [-0.05, 0) is 19.9 Å². The van der Waals surface area contributed by atoms with Gasteiger partial charge in [0.05, 0.1) is 19.7 Å². The summed E-state index contributed by atoms with van der Waals surface area (Å²) >= 11 is 0. The van der Waals surface area contributed by atoms with Crippen LogP contribution in [0.15, 0.2) is 0 Å². The maximum atomic E-state index is 11.7. The van der Waals surface area contributed by atoms with E-state index in [1.54, 1.807) is 18.9 Å². The number of hydrogen-bond acceptors (Lipinski definition) is 4. The summed E-state index contributed by atoms with van der Waals surface area (Å²) in [6.45, 7) is 6.59. The van der Waals surface area contributed by atoms with Crippen LogP contribution in [0.1, 0.15) is 20.8 Å². The highest BCUT2D eigenvalue weighted by molar-refractivity contribution is 5.82. The van der Waals surface area contributed by atoms with Crippen LogP contribution in [-0.4, -0.2) is 50.1 Å². The topological polar surface area (TPSA) is 58.6 Å². The van der Waals surface area contributed by atoms with E-state index in [0.717, 1.165) is 0 Å². The number of hydrogen-bond donors (Lipinski definition) is 1. The average molecular weight is 230 g/mol. The number of rotatable bonds is 6. The van der Waals surface area contributed by atoms with E-state index >= 15 is 0 Å². The van der Waals surface area contributed by atoms with E-state index in [9.17, 15) is 9.59 Å². The van der Waals surface area contributed by atoms with Crippen LogP contribution in [0.4, 0.5) is 0 Å². The van der Waals surface area contributed by atoms with Gasteiger partial charge in [-0.15, -0.1) is 0 Å². The Morgan fingerprint density at radius 1 is 1.31 bits per heavy atom. The van der Waals surface area contributed by atoms with Crippen molar-refractivity contribution in [3.63, 3.8) is 0 Å². The van der Waals surface area contributed by atoms with Crippen molar-refractivity contribution in [3.8, 4) is 0 Å². The molecule has 16 heavy (non-hydrogen) atoms. The Labute approximate surface area is 97.1 Å². The molecule has 94 valence electrons. The minimum absolute atomic E-state index is 0.0693. The standard InChI is InChI=1S/C11H22N2O3/c1-8(2)6-12-11(15)9(3)13(4)7-10(14)16-5/h8-9H,6-7H2,1-5H3,(H,12,15)/t9-/m0/s1. The number of nitrogens with one attached hydrogen (secondary N) is 1. The smallest absolute Gasteiger partial charge is 0.319 e. The molecule has 0 bridgehead atoms. The minimum atomic E-state index is -0.342. The van der Waals surface area contributed by atoms with Crippen molar-refractivity contribution in [1.82, 2.24) is 10.2 Å². The molecule has 1 atom stereocenters. The SMILES string of the molecule is COC(=O)CN(C)[C@@H](C)C(=O)NCC(C)C. The zero-order valence-electron chi connectivity index (χ0n) is 10.7. The third kappa shape index (κ3) is 5.70. The third-order valence-electron chi connectivity index (χ3n) is 2.33. The third-order valence-corrected chi connectivity index (χ3v) is 2.33. The fourth-order valence-corrected chi connectivity index (χ4v) is 1.06. The summed E-state index contributed by atoms with van der Waals surface area (Å²) in [7, 11) is 3.05. The lowest BCUT2D eigenvalue weighted by Crippen LogP contribution is -2.46. The molecule has 1 N–H and O–H groups in total. The number of amides is 1. The van der Waals surface area contributed by atoms with Crippen molar-refractivity contribution in [1.29, 1.82) is 0 Å². The number of methoxy groups -OCH3 is 1. The maximum Gasteiger partial charge on any atom is 0.319 e. The summed E-state index contributed by atoms with van der Waals surface area (Å²) in [6.07, 6.45) is 0. The first-order valence-electron chi connectivity index (χ1n) is 5.43. The van der Waals surface area contributed by atoms with Gasteiger partial charge in [-0.2, -0.15) is 0 Å². The Balaban J connectivity index is 4.06. The first-order chi connectivity index (χ1) is 7.38. The predicted octanol–water partition coefficient (Wildman–Crippen LogP) is 0.252. The minimum Gasteiger partial charge on any atom is -0.468 e. The highest BCUT2D eigenvalue weighted by Crippen LogP contribution is 1.97. The highest BCUT2D eigenvalue weighted by atomic mass is 16.5. The largest absolute Gasteiger partial charge is 0.468 e. The molecule has 0 aromatic rings. The Morgan fingerprint density at radius 3 is 2.31 bits per heavy atom. The lowest BCUT2D eigenvalue weighted by molar-refractivity contribution is -0.142. The van der Waals surface area contributed by atoms with Crippen molar-refractivity contribution in [2.24, 2.45) is 5.92 Å². The first kappa shape index (κ1) is 14.9. The van der Waals surface area contributed by atoms with Crippen molar-refractivity contribution >= 4 is 11.9 Å². The molecule has 0 aliphatic heterocycles. The second kappa shape index (κ2) is 7.22. The van der Waals surface area contributed by atoms with Crippen LogP contribution >= 0.6 is 0 Å². The molecule has 5 heteroatoms. The molecule has 0 spiro atoms. The second-order valence-corrected chi connectivity index (χ2v) is 4.31. The van der Waals surface area contributed by atoms with Crippen molar-refractivity contribution < 1.29 is 14.3 Å². The van der Waals surface area contributed by atoms with Gasteiger partial charge in [0.2, 0.25) is 5.91 Å². The van der Waals surface area contributed by atoms with Crippen LogP contribution in [-0.2, 0) is 14.3 Å². The van der Waals surface area contributed by atoms with Crippen molar-refractivity contribution in [3.05, 3.63) is 0 Å². The number of esters is 1. The van der Waals surface area contributed by atoms with E-state index in [0.29, 0.717) is 12.5 Å².